The molecule has 4 nitrogen and oxygen atoms in total. The molecule has 0 spiro atoms. The number of rotatable bonds is 3. The first-order valence-corrected chi connectivity index (χ1v) is 8.99. The van der Waals surface area contributed by atoms with E-state index in [0.29, 0.717) is 11.6 Å². The number of aromatic nitrogens is 3. The summed E-state index contributed by atoms with van der Waals surface area (Å²) in [5, 5.41) is 5.84. The Kier molecular flexibility index (Phi) is 3.73. The molecule has 3 aromatic rings. The maximum absolute atomic E-state index is 11.6. The van der Waals surface area contributed by atoms with E-state index in [1.165, 1.54) is 37.7 Å². The molecule has 0 saturated heterocycles. The molecule has 0 radical (unpaired) electrons. The van der Waals surface area contributed by atoms with Crippen LogP contribution in [0, 0.1) is 6.92 Å². The lowest BCUT2D eigenvalue weighted by molar-refractivity contribution is 0.111. The van der Waals surface area contributed by atoms with Gasteiger partial charge in [-0.25, -0.2) is 4.98 Å². The predicted molar refractivity (Wildman–Crippen MR) is 92.3 cm³/mol. The van der Waals surface area contributed by atoms with Crippen molar-refractivity contribution in [2.75, 3.05) is 0 Å². The summed E-state index contributed by atoms with van der Waals surface area (Å²) in [7, 11) is 0. The second-order valence-corrected chi connectivity index (χ2v) is 7.29. The quantitative estimate of drug-likeness (QED) is 0.660. The van der Waals surface area contributed by atoms with Gasteiger partial charge in [0.1, 0.15) is 16.4 Å². The molecule has 5 heteroatoms. The molecule has 2 heterocycles. The van der Waals surface area contributed by atoms with Crippen molar-refractivity contribution in [1.29, 1.82) is 0 Å². The van der Waals surface area contributed by atoms with Crippen LogP contribution in [0.5, 0.6) is 0 Å². The third kappa shape index (κ3) is 2.59. The monoisotopic (exact) mass is 325 g/mol. The largest absolute Gasteiger partial charge is 0.296 e. The number of hydrogen-bond donors (Lipinski definition) is 0. The van der Waals surface area contributed by atoms with Crippen LogP contribution in [-0.2, 0) is 0 Å². The third-order valence-electron chi connectivity index (χ3n) is 4.64. The standard InChI is InChI=1S/C18H19N3OS/c1-12-7-9-13(10-8-12)16-15(11-22)21-18(19-16)23-17(20-21)14-5-3-2-4-6-14/h7-11,14H,2-6H2,1H3. The van der Waals surface area contributed by atoms with Gasteiger partial charge >= 0.3 is 0 Å². The van der Waals surface area contributed by atoms with Gasteiger partial charge in [-0.05, 0) is 19.8 Å². The second-order valence-electron chi connectivity index (χ2n) is 6.30. The van der Waals surface area contributed by atoms with Crippen LogP contribution in [-0.4, -0.2) is 20.9 Å². The Morgan fingerprint density at radius 2 is 1.91 bits per heavy atom. The first-order chi connectivity index (χ1) is 11.3. The molecule has 1 saturated carbocycles. The fourth-order valence-corrected chi connectivity index (χ4v) is 4.40. The number of nitrogens with zero attached hydrogens (tertiary/aromatic N) is 3. The molecule has 4 rings (SSSR count). The number of fused-ring (bicyclic) bond motifs is 1. The molecule has 23 heavy (non-hydrogen) atoms. The van der Waals surface area contributed by atoms with Gasteiger partial charge in [0.2, 0.25) is 4.96 Å². The summed E-state index contributed by atoms with van der Waals surface area (Å²) >= 11 is 1.63. The van der Waals surface area contributed by atoms with Gasteiger partial charge in [-0.1, -0.05) is 60.4 Å². The van der Waals surface area contributed by atoms with Crippen LogP contribution < -0.4 is 0 Å². The van der Waals surface area contributed by atoms with Gasteiger partial charge in [0.25, 0.3) is 0 Å². The van der Waals surface area contributed by atoms with Crippen molar-refractivity contribution in [3.63, 3.8) is 0 Å². The van der Waals surface area contributed by atoms with E-state index in [0.717, 1.165) is 27.5 Å². The molecule has 0 atom stereocenters. The molecule has 118 valence electrons. The summed E-state index contributed by atoms with van der Waals surface area (Å²) in [5.41, 5.74) is 3.45. The molecular formula is C18H19N3OS. The van der Waals surface area contributed by atoms with Crippen molar-refractivity contribution >= 4 is 22.6 Å². The maximum Gasteiger partial charge on any atom is 0.213 e. The molecule has 0 amide bonds. The Balaban J connectivity index is 1.77. The number of benzene rings is 1. The van der Waals surface area contributed by atoms with Crippen molar-refractivity contribution in [3.05, 3.63) is 40.5 Å². The minimum atomic E-state index is 0.540. The van der Waals surface area contributed by atoms with Crippen molar-refractivity contribution in [1.82, 2.24) is 14.6 Å². The van der Waals surface area contributed by atoms with Gasteiger partial charge in [-0.2, -0.15) is 9.61 Å². The van der Waals surface area contributed by atoms with Crippen molar-refractivity contribution in [3.8, 4) is 11.3 Å². The Morgan fingerprint density at radius 3 is 2.61 bits per heavy atom. The van der Waals surface area contributed by atoms with Gasteiger partial charge in [-0.15, -0.1) is 0 Å². The molecular weight excluding hydrogens is 306 g/mol. The Hall–Kier alpha value is -2.01. The van der Waals surface area contributed by atoms with Crippen LogP contribution in [0.2, 0.25) is 0 Å². The van der Waals surface area contributed by atoms with Crippen molar-refractivity contribution in [2.45, 2.75) is 44.9 Å². The van der Waals surface area contributed by atoms with Gasteiger partial charge in [0, 0.05) is 11.5 Å². The highest BCUT2D eigenvalue weighted by molar-refractivity contribution is 7.16. The Bertz CT molecular complexity index is 841. The average Bonchev–Trinajstić information content (AvgIpc) is 3.14. The van der Waals surface area contributed by atoms with E-state index in [9.17, 15) is 4.79 Å². The molecule has 0 aliphatic heterocycles. The van der Waals surface area contributed by atoms with Crippen LogP contribution in [0.4, 0.5) is 0 Å². The first kappa shape index (κ1) is 14.6. The van der Waals surface area contributed by atoms with Gasteiger partial charge in [0.05, 0.1) is 0 Å². The smallest absolute Gasteiger partial charge is 0.213 e. The first-order valence-electron chi connectivity index (χ1n) is 8.18. The number of carbonyl (C=O) groups is 1. The molecule has 0 unspecified atom stereocenters. The van der Waals surface area contributed by atoms with E-state index >= 15 is 0 Å². The highest BCUT2D eigenvalue weighted by Crippen LogP contribution is 2.36. The highest BCUT2D eigenvalue weighted by Gasteiger charge is 2.23. The van der Waals surface area contributed by atoms with E-state index < -0.39 is 0 Å². The lowest BCUT2D eigenvalue weighted by atomic mass is 9.90. The average molecular weight is 325 g/mol. The van der Waals surface area contributed by atoms with Crippen LogP contribution in [0.25, 0.3) is 16.2 Å². The number of aldehydes is 1. The van der Waals surface area contributed by atoms with Gasteiger partial charge in [-0.3, -0.25) is 4.79 Å². The fourth-order valence-electron chi connectivity index (χ4n) is 3.32. The molecule has 1 fully saturated rings. The van der Waals surface area contributed by atoms with Gasteiger partial charge < -0.3 is 0 Å². The normalized spacial score (nSPS) is 16.0. The zero-order valence-electron chi connectivity index (χ0n) is 13.2. The zero-order valence-corrected chi connectivity index (χ0v) is 14.0. The van der Waals surface area contributed by atoms with Gasteiger partial charge in [0.15, 0.2) is 6.29 Å². The van der Waals surface area contributed by atoms with Crippen LogP contribution in [0.3, 0.4) is 0 Å². The molecule has 1 aliphatic rings. The maximum atomic E-state index is 11.6. The third-order valence-corrected chi connectivity index (χ3v) is 5.72. The van der Waals surface area contributed by atoms with E-state index in [1.54, 1.807) is 15.9 Å². The van der Waals surface area contributed by atoms with E-state index in [4.69, 9.17) is 5.10 Å². The predicted octanol–water partition coefficient (Wildman–Crippen LogP) is 4.63. The second kappa shape index (κ2) is 5.89. The number of imidazole rings is 1. The molecule has 0 bridgehead atoms. The minimum absolute atomic E-state index is 0.540. The lowest BCUT2D eigenvalue weighted by Gasteiger charge is -2.18. The summed E-state index contributed by atoms with van der Waals surface area (Å²) in [4.78, 5) is 17.1. The van der Waals surface area contributed by atoms with Crippen LogP contribution >= 0.6 is 11.3 Å². The molecule has 1 aliphatic carbocycles. The van der Waals surface area contributed by atoms with E-state index in [1.807, 2.05) is 31.2 Å². The topological polar surface area (TPSA) is 47.3 Å². The zero-order chi connectivity index (χ0) is 15.8. The summed E-state index contributed by atoms with van der Waals surface area (Å²) in [6, 6.07) is 8.10. The number of hydrogen-bond acceptors (Lipinski definition) is 4. The Labute approximate surface area is 139 Å². The summed E-state index contributed by atoms with van der Waals surface area (Å²) in [6.07, 6.45) is 7.18. The van der Waals surface area contributed by atoms with Crippen LogP contribution in [0.1, 0.15) is 59.1 Å². The summed E-state index contributed by atoms with van der Waals surface area (Å²) < 4.78 is 1.73. The van der Waals surface area contributed by atoms with Crippen molar-refractivity contribution in [2.24, 2.45) is 0 Å². The van der Waals surface area contributed by atoms with E-state index in [-0.39, 0.29) is 0 Å². The lowest BCUT2D eigenvalue weighted by Crippen LogP contribution is -2.05. The highest BCUT2D eigenvalue weighted by atomic mass is 32.1. The summed E-state index contributed by atoms with van der Waals surface area (Å²) in [5.74, 6) is 0.540. The molecule has 0 N–H and O–H groups in total. The molecule has 2 aromatic heterocycles. The molecule has 1 aromatic carbocycles. The number of aryl methyl sites for hydroxylation is 1. The Morgan fingerprint density at radius 1 is 1.17 bits per heavy atom. The summed E-state index contributed by atoms with van der Waals surface area (Å²) in [6.45, 7) is 2.05. The SMILES string of the molecule is Cc1ccc(-c2nc3sc(C4CCCCC4)nn3c2C=O)cc1. The van der Waals surface area contributed by atoms with E-state index in [2.05, 4.69) is 4.98 Å². The number of carbonyl (C=O) groups excluding carboxylic acids is 1. The minimum Gasteiger partial charge on any atom is -0.296 e. The van der Waals surface area contributed by atoms with Crippen LogP contribution in [0.15, 0.2) is 24.3 Å². The van der Waals surface area contributed by atoms with Crippen molar-refractivity contribution < 1.29 is 4.79 Å². The fraction of sp³-hybridized carbons (Fsp3) is 0.389.